The molecule has 0 saturated heterocycles. The smallest absolute Gasteiger partial charge is 0.261 e. The van der Waals surface area contributed by atoms with Crippen LogP contribution in [0.2, 0.25) is 0 Å². The molecule has 1 atom stereocenters. The third-order valence-corrected chi connectivity index (χ3v) is 6.39. The lowest BCUT2D eigenvalue weighted by Crippen LogP contribution is -2.51. The van der Waals surface area contributed by atoms with Gasteiger partial charge in [-0.3, -0.25) is 9.59 Å². The lowest BCUT2D eigenvalue weighted by atomic mass is 9.87. The maximum atomic E-state index is 13.7. The Kier molecular flexibility index (Phi) is 10.3. The molecule has 2 amide bonds. The highest BCUT2D eigenvalue weighted by molar-refractivity contribution is 5.88. The van der Waals surface area contributed by atoms with Crippen LogP contribution in [0.5, 0.6) is 11.5 Å². The maximum Gasteiger partial charge on any atom is 0.261 e. The molecule has 3 aromatic carbocycles. The second kappa shape index (κ2) is 13.7. The van der Waals surface area contributed by atoms with E-state index in [2.05, 4.69) is 26.1 Å². The van der Waals surface area contributed by atoms with Crippen molar-refractivity contribution in [3.8, 4) is 11.5 Å². The maximum absolute atomic E-state index is 13.7. The Morgan fingerprint density at radius 3 is 2.21 bits per heavy atom. The standard InChI is InChI=1S/C32H40N2O4/c1-6-19-33-31(36)29(21-24-11-8-7-9-12-24)34(22-25-13-10-14-28(20-25)37-5)30(35)23-38-27-17-15-26(16-18-27)32(2,3)4/h7-18,20,29H,6,19,21-23H2,1-5H3,(H,33,36)/t29-/m1/s1. The Bertz CT molecular complexity index is 1170. The molecule has 0 heterocycles. The predicted molar refractivity (Wildman–Crippen MR) is 151 cm³/mol. The summed E-state index contributed by atoms with van der Waals surface area (Å²) >= 11 is 0. The molecule has 0 saturated carbocycles. The monoisotopic (exact) mass is 516 g/mol. The van der Waals surface area contributed by atoms with E-state index in [4.69, 9.17) is 9.47 Å². The number of hydrogen-bond acceptors (Lipinski definition) is 4. The summed E-state index contributed by atoms with van der Waals surface area (Å²) in [5, 5.41) is 2.99. The molecule has 0 aliphatic heterocycles. The number of amides is 2. The zero-order valence-corrected chi connectivity index (χ0v) is 23.2. The SMILES string of the molecule is CCCNC(=O)[C@@H](Cc1ccccc1)N(Cc1cccc(OC)c1)C(=O)COc1ccc(C(C)(C)C)cc1. The molecule has 0 aromatic heterocycles. The topological polar surface area (TPSA) is 67.9 Å². The minimum absolute atomic E-state index is 0.0262. The van der Waals surface area contributed by atoms with E-state index in [1.165, 1.54) is 5.56 Å². The highest BCUT2D eigenvalue weighted by Gasteiger charge is 2.30. The zero-order chi connectivity index (χ0) is 27.5. The zero-order valence-electron chi connectivity index (χ0n) is 23.2. The van der Waals surface area contributed by atoms with Gasteiger partial charge in [0.25, 0.3) is 5.91 Å². The predicted octanol–water partition coefficient (Wildman–Crippen LogP) is 5.54. The number of carbonyl (C=O) groups excluding carboxylic acids is 2. The molecular weight excluding hydrogens is 476 g/mol. The highest BCUT2D eigenvalue weighted by atomic mass is 16.5. The first-order valence-electron chi connectivity index (χ1n) is 13.2. The molecule has 3 rings (SSSR count). The first-order valence-corrected chi connectivity index (χ1v) is 13.2. The van der Waals surface area contributed by atoms with E-state index in [-0.39, 0.29) is 30.4 Å². The van der Waals surface area contributed by atoms with Crippen molar-refractivity contribution in [1.82, 2.24) is 10.2 Å². The van der Waals surface area contributed by atoms with Crippen molar-refractivity contribution in [2.45, 2.75) is 58.5 Å². The lowest BCUT2D eigenvalue weighted by Gasteiger charge is -2.31. The Morgan fingerprint density at radius 2 is 1.58 bits per heavy atom. The lowest BCUT2D eigenvalue weighted by molar-refractivity contribution is -0.142. The molecule has 0 unspecified atom stereocenters. The van der Waals surface area contributed by atoms with Crippen LogP contribution in [0.4, 0.5) is 0 Å². The summed E-state index contributed by atoms with van der Waals surface area (Å²) in [5.41, 5.74) is 3.06. The summed E-state index contributed by atoms with van der Waals surface area (Å²) in [6.45, 7) is 9.08. The highest BCUT2D eigenvalue weighted by Crippen LogP contribution is 2.24. The Morgan fingerprint density at radius 1 is 0.895 bits per heavy atom. The second-order valence-corrected chi connectivity index (χ2v) is 10.4. The third-order valence-electron chi connectivity index (χ3n) is 6.39. The largest absolute Gasteiger partial charge is 0.497 e. The van der Waals surface area contributed by atoms with Crippen molar-refractivity contribution in [1.29, 1.82) is 0 Å². The summed E-state index contributed by atoms with van der Waals surface area (Å²) in [5.74, 6) is 0.865. The number of methoxy groups -OCH3 is 1. The van der Waals surface area contributed by atoms with Crippen molar-refractivity contribution in [2.24, 2.45) is 0 Å². The van der Waals surface area contributed by atoms with Gasteiger partial charge in [-0.2, -0.15) is 0 Å². The van der Waals surface area contributed by atoms with Gasteiger partial charge in [0, 0.05) is 19.5 Å². The van der Waals surface area contributed by atoms with E-state index in [0.29, 0.717) is 24.5 Å². The summed E-state index contributed by atoms with van der Waals surface area (Å²) in [6.07, 6.45) is 1.20. The minimum Gasteiger partial charge on any atom is -0.497 e. The summed E-state index contributed by atoms with van der Waals surface area (Å²) in [6, 6.07) is 24.4. The number of carbonyl (C=O) groups is 2. The van der Waals surface area contributed by atoms with Gasteiger partial charge < -0.3 is 19.7 Å². The molecule has 6 nitrogen and oxygen atoms in total. The van der Waals surface area contributed by atoms with Crippen LogP contribution in [0.25, 0.3) is 0 Å². The molecule has 202 valence electrons. The number of ether oxygens (including phenoxy) is 2. The van der Waals surface area contributed by atoms with E-state index in [1.54, 1.807) is 12.0 Å². The molecule has 3 aromatic rings. The van der Waals surface area contributed by atoms with Gasteiger partial charge in [-0.25, -0.2) is 0 Å². The van der Waals surface area contributed by atoms with Gasteiger partial charge in [0.05, 0.1) is 7.11 Å². The molecule has 0 spiro atoms. The number of nitrogens with one attached hydrogen (secondary N) is 1. The van der Waals surface area contributed by atoms with Crippen LogP contribution in [0.1, 0.15) is 50.8 Å². The van der Waals surface area contributed by atoms with Gasteiger partial charge in [-0.15, -0.1) is 0 Å². The van der Waals surface area contributed by atoms with Crippen LogP contribution in [0, 0.1) is 0 Å². The quantitative estimate of drug-likeness (QED) is 0.343. The van der Waals surface area contributed by atoms with Crippen LogP contribution in [0.3, 0.4) is 0 Å². The number of nitrogens with zero attached hydrogens (tertiary/aromatic N) is 1. The number of hydrogen-bond donors (Lipinski definition) is 1. The second-order valence-electron chi connectivity index (χ2n) is 10.4. The summed E-state index contributed by atoms with van der Waals surface area (Å²) in [4.78, 5) is 28.7. The minimum atomic E-state index is -0.700. The van der Waals surface area contributed by atoms with E-state index >= 15 is 0 Å². The van der Waals surface area contributed by atoms with Gasteiger partial charge in [-0.05, 0) is 52.8 Å². The van der Waals surface area contributed by atoms with Gasteiger partial charge >= 0.3 is 0 Å². The van der Waals surface area contributed by atoms with Crippen molar-refractivity contribution < 1.29 is 19.1 Å². The van der Waals surface area contributed by atoms with Crippen molar-refractivity contribution in [3.05, 3.63) is 95.6 Å². The first kappa shape index (κ1) is 28.8. The Hall–Kier alpha value is -3.80. The average molecular weight is 517 g/mol. The third kappa shape index (κ3) is 8.37. The van der Waals surface area contributed by atoms with Gasteiger partial charge in [0.1, 0.15) is 17.5 Å². The molecule has 38 heavy (non-hydrogen) atoms. The fourth-order valence-electron chi connectivity index (χ4n) is 4.17. The molecule has 1 N–H and O–H groups in total. The molecule has 0 fully saturated rings. The molecule has 0 aliphatic rings. The van der Waals surface area contributed by atoms with Crippen molar-refractivity contribution >= 4 is 11.8 Å². The Labute approximate surface area is 227 Å². The van der Waals surface area contributed by atoms with E-state index in [9.17, 15) is 9.59 Å². The van der Waals surface area contributed by atoms with Gasteiger partial charge in [-0.1, -0.05) is 82.3 Å². The van der Waals surface area contributed by atoms with Crippen LogP contribution in [-0.2, 0) is 28.0 Å². The molecule has 0 radical (unpaired) electrons. The van der Waals surface area contributed by atoms with Crippen LogP contribution in [-0.4, -0.2) is 43.0 Å². The average Bonchev–Trinajstić information content (AvgIpc) is 2.92. The normalized spacial score (nSPS) is 11.9. The Balaban J connectivity index is 1.88. The van der Waals surface area contributed by atoms with Crippen molar-refractivity contribution in [2.75, 3.05) is 20.3 Å². The van der Waals surface area contributed by atoms with Gasteiger partial charge in [0.2, 0.25) is 5.91 Å². The van der Waals surface area contributed by atoms with E-state index in [0.717, 1.165) is 17.5 Å². The van der Waals surface area contributed by atoms with Gasteiger partial charge in [0.15, 0.2) is 6.61 Å². The molecule has 0 aliphatic carbocycles. The fourth-order valence-corrected chi connectivity index (χ4v) is 4.17. The summed E-state index contributed by atoms with van der Waals surface area (Å²) < 4.78 is 11.3. The number of rotatable bonds is 12. The first-order chi connectivity index (χ1) is 18.2. The van der Waals surface area contributed by atoms with Crippen molar-refractivity contribution in [3.63, 3.8) is 0 Å². The molecular formula is C32H40N2O4. The molecule has 6 heteroatoms. The number of benzene rings is 3. The van der Waals surface area contributed by atoms with Crippen LogP contribution in [0.15, 0.2) is 78.9 Å². The fraction of sp³-hybridized carbons (Fsp3) is 0.375. The van der Waals surface area contributed by atoms with Crippen LogP contribution < -0.4 is 14.8 Å². The molecule has 0 bridgehead atoms. The summed E-state index contributed by atoms with van der Waals surface area (Å²) in [7, 11) is 1.61. The van der Waals surface area contributed by atoms with Crippen LogP contribution >= 0.6 is 0 Å². The van der Waals surface area contributed by atoms with E-state index < -0.39 is 6.04 Å². The van der Waals surface area contributed by atoms with E-state index in [1.807, 2.05) is 85.8 Å².